The molecule has 0 aromatic heterocycles. The van der Waals surface area contributed by atoms with E-state index in [1.165, 1.54) is 0 Å². The van der Waals surface area contributed by atoms with Crippen molar-refractivity contribution >= 4 is 28.3 Å². The molecule has 7 nitrogen and oxygen atoms in total. The summed E-state index contributed by atoms with van der Waals surface area (Å²) in [4.78, 5) is 17.5. The predicted molar refractivity (Wildman–Crippen MR) is 152 cm³/mol. The van der Waals surface area contributed by atoms with Crippen molar-refractivity contribution in [2.75, 3.05) is 26.7 Å². The van der Waals surface area contributed by atoms with Crippen molar-refractivity contribution in [2.24, 2.45) is 0 Å². The minimum atomic E-state index is -3.60. The Morgan fingerprint density at radius 1 is 1.03 bits per heavy atom. The molecule has 0 saturated carbocycles. The highest BCUT2D eigenvalue weighted by atomic mass is 35.5. The van der Waals surface area contributed by atoms with Gasteiger partial charge in [0, 0.05) is 33.2 Å². The maximum absolute atomic E-state index is 13.3. The third kappa shape index (κ3) is 7.88. The lowest BCUT2D eigenvalue weighted by atomic mass is 10.0. The molecule has 1 saturated heterocycles. The molecule has 0 aliphatic carbocycles. The third-order valence-corrected chi connectivity index (χ3v) is 8.32. The van der Waals surface area contributed by atoms with Gasteiger partial charge in [0.25, 0.3) is 0 Å². The van der Waals surface area contributed by atoms with Crippen LogP contribution in [-0.4, -0.2) is 62.0 Å². The van der Waals surface area contributed by atoms with Gasteiger partial charge in [0.15, 0.2) is 0 Å². The molecule has 0 bridgehead atoms. The Morgan fingerprint density at radius 3 is 2.26 bits per heavy atom. The Balaban J connectivity index is 0.00000400. The summed E-state index contributed by atoms with van der Waals surface area (Å²) in [6, 6.07) is 24.0. The average Bonchev–Trinajstić information content (AvgIpc) is 3.32. The van der Waals surface area contributed by atoms with E-state index in [9.17, 15) is 18.3 Å². The number of hydrogen-bond donors (Lipinski definition) is 2. The Labute approximate surface area is 231 Å². The zero-order chi connectivity index (χ0) is 26.4. The van der Waals surface area contributed by atoms with Crippen LogP contribution >= 0.6 is 12.4 Å². The number of hydrogen-bond acceptors (Lipinski definition) is 5. The van der Waals surface area contributed by atoms with Crippen LogP contribution in [0.2, 0.25) is 0 Å². The topological polar surface area (TPSA) is 90.0 Å². The van der Waals surface area contributed by atoms with Crippen LogP contribution in [0.4, 0.5) is 0 Å². The van der Waals surface area contributed by atoms with E-state index in [0.29, 0.717) is 13.1 Å². The summed E-state index contributed by atoms with van der Waals surface area (Å²) >= 11 is 0. The number of amides is 1. The molecule has 1 heterocycles. The number of likely N-dealkylation sites (N-methyl/N-ethyl adjacent to an activating group) is 1. The van der Waals surface area contributed by atoms with Crippen molar-refractivity contribution in [3.05, 3.63) is 101 Å². The lowest BCUT2D eigenvalue weighted by molar-refractivity contribution is -0.131. The van der Waals surface area contributed by atoms with Crippen LogP contribution in [0.25, 0.3) is 0 Å². The van der Waals surface area contributed by atoms with Crippen molar-refractivity contribution in [1.29, 1.82) is 0 Å². The molecule has 0 radical (unpaired) electrons. The van der Waals surface area contributed by atoms with E-state index in [2.05, 4.69) is 9.62 Å². The first kappa shape index (κ1) is 29.8. The SMILES string of the molecule is Cc1ccc(S(=O)(=O)NCc2ccc(CC(=O)N(C)C(CN3CCC(O)C3)c3ccccc3)cc2)cc1.Cl. The van der Waals surface area contributed by atoms with Gasteiger partial charge in [0.05, 0.1) is 23.5 Å². The van der Waals surface area contributed by atoms with E-state index in [0.717, 1.165) is 35.2 Å². The first-order valence-corrected chi connectivity index (χ1v) is 14.0. The fraction of sp³-hybridized carbons (Fsp3) is 0.345. The molecule has 1 fully saturated rings. The van der Waals surface area contributed by atoms with Gasteiger partial charge < -0.3 is 10.0 Å². The Bertz CT molecular complexity index is 1290. The maximum Gasteiger partial charge on any atom is 0.240 e. The highest BCUT2D eigenvalue weighted by Crippen LogP contribution is 2.24. The van der Waals surface area contributed by atoms with Gasteiger partial charge >= 0.3 is 0 Å². The van der Waals surface area contributed by atoms with Crippen LogP contribution in [0.15, 0.2) is 83.8 Å². The van der Waals surface area contributed by atoms with Gasteiger partial charge in [-0.25, -0.2) is 13.1 Å². The summed E-state index contributed by atoms with van der Waals surface area (Å²) in [6.07, 6.45) is 0.696. The predicted octanol–water partition coefficient (Wildman–Crippen LogP) is 3.70. The number of carbonyl (C=O) groups is 1. The summed E-state index contributed by atoms with van der Waals surface area (Å²) in [5.41, 5.74) is 3.75. The van der Waals surface area contributed by atoms with Gasteiger partial charge in [0.1, 0.15) is 0 Å². The third-order valence-electron chi connectivity index (χ3n) is 6.90. The zero-order valence-electron chi connectivity index (χ0n) is 21.8. The smallest absolute Gasteiger partial charge is 0.240 e. The van der Waals surface area contributed by atoms with E-state index in [4.69, 9.17) is 0 Å². The second-order valence-electron chi connectivity index (χ2n) is 9.76. The number of rotatable bonds is 10. The molecule has 38 heavy (non-hydrogen) atoms. The highest BCUT2D eigenvalue weighted by molar-refractivity contribution is 7.89. The second kappa shape index (κ2) is 13.4. The first-order valence-electron chi connectivity index (χ1n) is 12.6. The average molecular weight is 558 g/mol. The standard InChI is InChI=1S/C29H35N3O4S.ClH/c1-22-8-14-27(15-9-22)37(35,36)30-19-24-12-10-23(11-13-24)18-29(34)31(2)28(25-6-4-3-5-7-25)21-32-17-16-26(33)20-32;/h3-15,26,28,30,33H,16-21H2,1-2H3;1H. The molecule has 9 heteroatoms. The lowest BCUT2D eigenvalue weighted by Crippen LogP contribution is -2.39. The van der Waals surface area contributed by atoms with Crippen LogP contribution in [0.3, 0.4) is 0 Å². The monoisotopic (exact) mass is 557 g/mol. The number of aryl methyl sites for hydroxylation is 1. The van der Waals surface area contributed by atoms with Crippen molar-refractivity contribution in [1.82, 2.24) is 14.5 Å². The number of carbonyl (C=O) groups excluding carboxylic acids is 1. The van der Waals surface area contributed by atoms with E-state index in [1.807, 2.05) is 68.6 Å². The molecular weight excluding hydrogens is 522 g/mol. The molecule has 2 atom stereocenters. The molecule has 0 spiro atoms. The lowest BCUT2D eigenvalue weighted by Gasteiger charge is -2.32. The van der Waals surface area contributed by atoms with Gasteiger partial charge in [-0.15, -0.1) is 12.4 Å². The number of β-amino-alcohol motifs (C(OH)–C–C–N with tert-alkyl or cyclic N) is 1. The number of sulfonamides is 1. The Morgan fingerprint density at radius 2 is 1.66 bits per heavy atom. The number of likely N-dealkylation sites (tertiary alicyclic amines) is 1. The van der Waals surface area contributed by atoms with Crippen molar-refractivity contribution in [3.8, 4) is 0 Å². The molecular formula is C29H36ClN3O4S. The number of aliphatic hydroxyl groups excluding tert-OH is 1. The number of nitrogens with zero attached hydrogens (tertiary/aromatic N) is 2. The molecule has 2 N–H and O–H groups in total. The summed E-state index contributed by atoms with van der Waals surface area (Å²) < 4.78 is 27.7. The number of benzene rings is 3. The maximum atomic E-state index is 13.3. The van der Waals surface area contributed by atoms with Gasteiger partial charge in [-0.2, -0.15) is 0 Å². The zero-order valence-corrected chi connectivity index (χ0v) is 23.4. The van der Waals surface area contributed by atoms with Crippen molar-refractivity contribution < 1.29 is 18.3 Å². The molecule has 1 aliphatic rings. The molecule has 1 aliphatic heterocycles. The molecule has 4 rings (SSSR count). The first-order chi connectivity index (χ1) is 17.7. The largest absolute Gasteiger partial charge is 0.392 e. The number of aliphatic hydroxyl groups is 1. The van der Waals surface area contributed by atoms with Gasteiger partial charge in [-0.3, -0.25) is 9.69 Å². The summed E-state index contributed by atoms with van der Waals surface area (Å²) in [7, 11) is -1.76. The number of halogens is 1. The van der Waals surface area contributed by atoms with Crippen molar-refractivity contribution in [2.45, 2.75) is 43.4 Å². The molecule has 3 aromatic rings. The van der Waals surface area contributed by atoms with E-state index >= 15 is 0 Å². The quantitative estimate of drug-likeness (QED) is 0.397. The second-order valence-corrected chi connectivity index (χ2v) is 11.5. The van der Waals surface area contributed by atoms with Crippen LogP contribution in [0.5, 0.6) is 0 Å². The Hall–Kier alpha value is -2.75. The van der Waals surface area contributed by atoms with E-state index in [-0.39, 0.29) is 48.3 Å². The molecule has 1 amide bonds. The summed E-state index contributed by atoms with van der Waals surface area (Å²) in [6.45, 7) is 4.20. The van der Waals surface area contributed by atoms with Crippen molar-refractivity contribution in [3.63, 3.8) is 0 Å². The van der Waals surface area contributed by atoms with E-state index < -0.39 is 10.0 Å². The van der Waals surface area contributed by atoms with Gasteiger partial charge in [0.2, 0.25) is 15.9 Å². The van der Waals surface area contributed by atoms with Crippen LogP contribution in [0.1, 0.15) is 34.7 Å². The number of nitrogens with one attached hydrogen (secondary N) is 1. The highest BCUT2D eigenvalue weighted by Gasteiger charge is 2.28. The minimum Gasteiger partial charge on any atom is -0.392 e. The van der Waals surface area contributed by atoms with E-state index in [1.54, 1.807) is 29.2 Å². The molecule has 3 aromatic carbocycles. The Kier molecular flexibility index (Phi) is 10.5. The summed E-state index contributed by atoms with van der Waals surface area (Å²) in [5, 5.41) is 9.94. The molecule has 2 unspecified atom stereocenters. The molecule has 204 valence electrons. The van der Waals surface area contributed by atoms with Crippen LogP contribution < -0.4 is 4.72 Å². The van der Waals surface area contributed by atoms with Gasteiger partial charge in [-0.05, 0) is 42.2 Å². The fourth-order valence-electron chi connectivity index (χ4n) is 4.58. The normalized spacial score (nSPS) is 16.6. The van der Waals surface area contributed by atoms with Crippen LogP contribution in [-0.2, 0) is 27.8 Å². The van der Waals surface area contributed by atoms with Crippen LogP contribution in [0, 0.1) is 6.92 Å². The van der Waals surface area contributed by atoms with Gasteiger partial charge in [-0.1, -0.05) is 72.3 Å². The summed E-state index contributed by atoms with van der Waals surface area (Å²) in [5.74, 6) is 0.00132. The minimum absolute atomic E-state index is 0. The fourth-order valence-corrected chi connectivity index (χ4v) is 5.59.